The van der Waals surface area contributed by atoms with Gasteiger partial charge in [-0.3, -0.25) is 0 Å². The first kappa shape index (κ1) is 14.1. The van der Waals surface area contributed by atoms with Gasteiger partial charge in [0.2, 0.25) is 0 Å². The molecule has 23 heavy (non-hydrogen) atoms. The van der Waals surface area contributed by atoms with Crippen molar-refractivity contribution < 1.29 is 0 Å². The minimum atomic E-state index is 0.764. The fourth-order valence-electron chi connectivity index (χ4n) is 3.25. The van der Waals surface area contributed by atoms with Crippen LogP contribution in [0.5, 0.6) is 0 Å². The molecule has 1 nitrogen and oxygen atoms in total. The topological polar surface area (TPSA) is 4.93 Å². The van der Waals surface area contributed by atoms with Crippen LogP contribution in [0.15, 0.2) is 78.9 Å². The van der Waals surface area contributed by atoms with Crippen molar-refractivity contribution in [1.82, 2.24) is 4.57 Å². The van der Waals surface area contributed by atoms with Gasteiger partial charge >= 0.3 is 0 Å². The average molecular weight is 318 g/mol. The lowest BCUT2D eigenvalue weighted by molar-refractivity contribution is 0.979. The van der Waals surface area contributed by atoms with Crippen molar-refractivity contribution in [3.05, 3.63) is 83.9 Å². The van der Waals surface area contributed by atoms with Gasteiger partial charge in [-0.05, 0) is 29.3 Å². The maximum atomic E-state index is 6.28. The van der Waals surface area contributed by atoms with Crippen LogP contribution in [0.3, 0.4) is 0 Å². The Kier molecular flexibility index (Phi) is 3.44. The van der Waals surface area contributed by atoms with Gasteiger partial charge in [0.1, 0.15) is 0 Å². The number of hydrogen-bond donors (Lipinski definition) is 0. The number of aromatic nitrogens is 1. The van der Waals surface area contributed by atoms with Gasteiger partial charge in [0.25, 0.3) is 0 Å². The van der Waals surface area contributed by atoms with Crippen LogP contribution in [-0.2, 0) is 7.05 Å². The highest BCUT2D eigenvalue weighted by Gasteiger charge is 2.18. The summed E-state index contributed by atoms with van der Waals surface area (Å²) in [6, 6.07) is 27.1. The lowest BCUT2D eigenvalue weighted by Crippen LogP contribution is -1.92. The quantitative estimate of drug-likeness (QED) is 0.417. The molecular weight excluding hydrogens is 302 g/mol. The van der Waals surface area contributed by atoms with Crippen molar-refractivity contribution in [3.63, 3.8) is 0 Å². The minimum absolute atomic E-state index is 0.764. The molecule has 1 heterocycles. The van der Waals surface area contributed by atoms with Crippen LogP contribution in [0.25, 0.3) is 33.3 Å². The predicted molar refractivity (Wildman–Crippen MR) is 98.8 cm³/mol. The van der Waals surface area contributed by atoms with Gasteiger partial charge < -0.3 is 4.57 Å². The number of benzene rings is 3. The molecule has 4 aromatic rings. The third-order valence-electron chi connectivity index (χ3n) is 4.27. The highest BCUT2D eigenvalue weighted by molar-refractivity contribution is 6.31. The standard InChI is InChI=1S/C21H16ClN/c1-23-19-13-12-17(22)14-18(19)20(15-8-4-2-5-9-15)21(23)16-10-6-3-7-11-16/h2-14H,1H3. The molecule has 0 spiro atoms. The molecule has 0 N–H and O–H groups in total. The van der Waals surface area contributed by atoms with E-state index in [-0.39, 0.29) is 0 Å². The molecule has 0 radical (unpaired) electrons. The van der Waals surface area contributed by atoms with Crippen molar-refractivity contribution in [3.8, 4) is 22.4 Å². The van der Waals surface area contributed by atoms with Gasteiger partial charge in [-0.1, -0.05) is 72.3 Å². The summed E-state index contributed by atoms with van der Waals surface area (Å²) in [6.45, 7) is 0. The van der Waals surface area contributed by atoms with Crippen molar-refractivity contribution in [2.24, 2.45) is 7.05 Å². The van der Waals surface area contributed by atoms with E-state index < -0.39 is 0 Å². The summed E-state index contributed by atoms with van der Waals surface area (Å²) < 4.78 is 2.25. The van der Waals surface area contributed by atoms with Crippen LogP contribution < -0.4 is 0 Å². The number of halogens is 1. The van der Waals surface area contributed by atoms with Gasteiger partial charge in [0.05, 0.1) is 5.69 Å². The zero-order valence-corrected chi connectivity index (χ0v) is 13.6. The van der Waals surface area contributed by atoms with Gasteiger partial charge in [-0.2, -0.15) is 0 Å². The first-order valence-corrected chi connectivity index (χ1v) is 8.02. The highest BCUT2D eigenvalue weighted by atomic mass is 35.5. The SMILES string of the molecule is Cn1c(-c2ccccc2)c(-c2ccccc2)c2cc(Cl)ccc21. The smallest absolute Gasteiger partial charge is 0.0568 e. The molecule has 0 amide bonds. The molecule has 0 unspecified atom stereocenters. The molecule has 0 bridgehead atoms. The first-order valence-electron chi connectivity index (χ1n) is 7.64. The second-order valence-electron chi connectivity index (χ2n) is 5.68. The summed E-state index contributed by atoms with van der Waals surface area (Å²) in [7, 11) is 2.12. The number of hydrogen-bond acceptors (Lipinski definition) is 0. The molecule has 1 aromatic heterocycles. The molecule has 0 aliphatic heterocycles. The molecule has 0 aliphatic carbocycles. The molecular formula is C21H16ClN. The fraction of sp³-hybridized carbons (Fsp3) is 0.0476. The predicted octanol–water partition coefficient (Wildman–Crippen LogP) is 6.17. The van der Waals surface area contributed by atoms with E-state index in [4.69, 9.17) is 11.6 Å². The lowest BCUT2D eigenvalue weighted by atomic mass is 9.98. The average Bonchev–Trinajstić information content (AvgIpc) is 2.88. The molecule has 0 atom stereocenters. The van der Waals surface area contributed by atoms with E-state index in [9.17, 15) is 0 Å². The molecule has 0 saturated heterocycles. The van der Waals surface area contributed by atoms with Gasteiger partial charge in [0.15, 0.2) is 0 Å². The zero-order chi connectivity index (χ0) is 15.8. The van der Waals surface area contributed by atoms with Gasteiger partial charge in [-0.25, -0.2) is 0 Å². The Bertz CT molecular complexity index is 969. The lowest BCUT2D eigenvalue weighted by Gasteiger charge is -2.08. The van der Waals surface area contributed by atoms with Crippen LogP contribution in [0.1, 0.15) is 0 Å². The van der Waals surface area contributed by atoms with E-state index in [2.05, 4.69) is 72.3 Å². The maximum absolute atomic E-state index is 6.28. The van der Waals surface area contributed by atoms with Gasteiger partial charge in [0, 0.05) is 28.5 Å². The number of nitrogens with zero attached hydrogens (tertiary/aromatic N) is 1. The number of aryl methyl sites for hydroxylation is 1. The fourth-order valence-corrected chi connectivity index (χ4v) is 3.42. The van der Waals surface area contributed by atoms with E-state index in [1.807, 2.05) is 18.2 Å². The minimum Gasteiger partial charge on any atom is -0.343 e. The largest absolute Gasteiger partial charge is 0.343 e. The first-order chi connectivity index (χ1) is 11.3. The van der Waals surface area contributed by atoms with Gasteiger partial charge in [-0.15, -0.1) is 0 Å². The Morgan fingerprint density at radius 2 is 1.35 bits per heavy atom. The van der Waals surface area contributed by atoms with Crippen molar-refractivity contribution in [2.75, 3.05) is 0 Å². The summed E-state index contributed by atoms with van der Waals surface area (Å²) in [5, 5.41) is 1.95. The Morgan fingerprint density at radius 3 is 2.00 bits per heavy atom. The van der Waals surface area contributed by atoms with Crippen LogP contribution >= 0.6 is 11.6 Å². The molecule has 0 aliphatic rings. The summed E-state index contributed by atoms with van der Waals surface area (Å²) in [5.74, 6) is 0. The van der Waals surface area contributed by atoms with E-state index in [0.717, 1.165) is 5.02 Å². The Hall–Kier alpha value is -2.51. The third-order valence-corrected chi connectivity index (χ3v) is 4.51. The second-order valence-corrected chi connectivity index (χ2v) is 6.11. The summed E-state index contributed by atoms with van der Waals surface area (Å²) in [4.78, 5) is 0. The molecule has 2 heteroatoms. The molecule has 3 aromatic carbocycles. The monoisotopic (exact) mass is 317 g/mol. The van der Waals surface area contributed by atoms with Crippen LogP contribution in [0.2, 0.25) is 5.02 Å². The highest BCUT2D eigenvalue weighted by Crippen LogP contribution is 2.40. The Labute approximate surface area is 140 Å². The molecule has 0 saturated carbocycles. The maximum Gasteiger partial charge on any atom is 0.0568 e. The normalized spacial score (nSPS) is 11.0. The van der Waals surface area contributed by atoms with Crippen LogP contribution in [0, 0.1) is 0 Å². The summed E-state index contributed by atoms with van der Waals surface area (Å²) in [5.41, 5.74) is 6.05. The van der Waals surface area contributed by atoms with Crippen molar-refractivity contribution in [2.45, 2.75) is 0 Å². The Balaban J connectivity index is 2.15. The van der Waals surface area contributed by atoms with E-state index in [1.165, 1.54) is 33.3 Å². The van der Waals surface area contributed by atoms with Crippen molar-refractivity contribution in [1.29, 1.82) is 0 Å². The third kappa shape index (κ3) is 2.34. The number of rotatable bonds is 2. The van der Waals surface area contributed by atoms with E-state index in [1.54, 1.807) is 0 Å². The summed E-state index contributed by atoms with van der Waals surface area (Å²) >= 11 is 6.28. The van der Waals surface area contributed by atoms with E-state index in [0.29, 0.717) is 0 Å². The van der Waals surface area contributed by atoms with Crippen LogP contribution in [0.4, 0.5) is 0 Å². The molecule has 4 rings (SSSR count). The number of fused-ring (bicyclic) bond motifs is 1. The van der Waals surface area contributed by atoms with Crippen LogP contribution in [-0.4, -0.2) is 4.57 Å². The Morgan fingerprint density at radius 1 is 0.739 bits per heavy atom. The molecule has 112 valence electrons. The summed E-state index contributed by atoms with van der Waals surface area (Å²) in [6.07, 6.45) is 0. The zero-order valence-electron chi connectivity index (χ0n) is 12.8. The van der Waals surface area contributed by atoms with Crippen molar-refractivity contribution >= 4 is 22.5 Å². The van der Waals surface area contributed by atoms with E-state index >= 15 is 0 Å². The second kappa shape index (κ2) is 5.60. The molecule has 0 fully saturated rings.